The third-order valence-corrected chi connectivity index (χ3v) is 8.53. The molecular weight excluding hydrogens is 504 g/mol. The number of benzene rings is 2. The van der Waals surface area contributed by atoms with Gasteiger partial charge in [0.2, 0.25) is 5.91 Å². The standard InChI is InChI=1S/C30H35ClN2O5/c1-32-14-5-3-2-4-6-15-33-19-29(13-7-8-21-16-23(31)10-11-24(21)29)20-38-26-12-9-22(17-25(26)33)30(37,28(35)36)18-27(32)34/h2-3,9-12,16-17,37H,4-8,13-15,18-20H2,1H3,(H,35,36)/b3-2-/t29-,30+/m0/s1. The Kier molecular flexibility index (Phi) is 7.43. The number of aliphatic carboxylic acids is 1. The molecule has 0 saturated heterocycles. The molecule has 1 amide bonds. The van der Waals surface area contributed by atoms with Gasteiger partial charge in [-0.15, -0.1) is 0 Å². The van der Waals surface area contributed by atoms with E-state index in [0.29, 0.717) is 31.9 Å². The fourth-order valence-electron chi connectivity index (χ4n) is 6.09. The SMILES string of the molecule is CN1CC/C=C\CCCN2C[C@@]3(CCCc4cc(Cl)ccc43)COc3ccc(cc32)[C@@](O)(C(=O)O)CC1=O. The van der Waals surface area contributed by atoms with Crippen molar-refractivity contribution in [3.8, 4) is 5.75 Å². The number of carbonyl (C=O) groups excluding carboxylic acids is 1. The van der Waals surface area contributed by atoms with Crippen LogP contribution in [0.3, 0.4) is 0 Å². The molecule has 0 fully saturated rings. The van der Waals surface area contributed by atoms with Crippen LogP contribution in [-0.4, -0.2) is 60.3 Å². The molecule has 2 aromatic rings. The lowest BCUT2D eigenvalue weighted by molar-refractivity contribution is -0.164. The van der Waals surface area contributed by atoms with E-state index >= 15 is 0 Å². The number of fused-ring (bicyclic) bond motifs is 3. The van der Waals surface area contributed by atoms with E-state index in [2.05, 4.69) is 29.2 Å². The predicted octanol–water partition coefficient (Wildman–Crippen LogP) is 4.67. The highest BCUT2D eigenvalue weighted by atomic mass is 35.5. The van der Waals surface area contributed by atoms with E-state index < -0.39 is 23.9 Å². The largest absolute Gasteiger partial charge is 0.490 e. The molecule has 0 radical (unpaired) electrons. The molecule has 3 aliphatic rings. The van der Waals surface area contributed by atoms with Gasteiger partial charge in [0.05, 0.1) is 18.7 Å². The summed E-state index contributed by atoms with van der Waals surface area (Å²) in [6.07, 6.45) is 9.11. The highest BCUT2D eigenvalue weighted by Gasteiger charge is 2.44. The molecule has 2 heterocycles. The maximum atomic E-state index is 12.9. The molecule has 0 unspecified atom stereocenters. The van der Waals surface area contributed by atoms with Gasteiger partial charge in [-0.2, -0.15) is 0 Å². The summed E-state index contributed by atoms with van der Waals surface area (Å²) >= 11 is 6.34. The molecule has 7 nitrogen and oxygen atoms in total. The molecule has 0 aromatic heterocycles. The summed E-state index contributed by atoms with van der Waals surface area (Å²) in [5, 5.41) is 22.2. The smallest absolute Gasteiger partial charge is 0.340 e. The maximum absolute atomic E-state index is 12.9. The lowest BCUT2D eigenvalue weighted by atomic mass is 9.70. The molecule has 0 saturated carbocycles. The van der Waals surface area contributed by atoms with Crippen molar-refractivity contribution in [2.45, 2.75) is 56.0 Å². The Labute approximate surface area is 228 Å². The summed E-state index contributed by atoms with van der Waals surface area (Å²) < 4.78 is 6.45. The van der Waals surface area contributed by atoms with Crippen LogP contribution >= 0.6 is 11.6 Å². The van der Waals surface area contributed by atoms with Crippen molar-refractivity contribution in [2.24, 2.45) is 0 Å². The molecule has 2 bridgehead atoms. The molecule has 1 spiro atoms. The van der Waals surface area contributed by atoms with Gasteiger partial charge in [0.25, 0.3) is 0 Å². The average Bonchev–Trinajstić information content (AvgIpc) is 3.04. The molecule has 38 heavy (non-hydrogen) atoms. The first-order valence-corrected chi connectivity index (χ1v) is 13.8. The van der Waals surface area contributed by atoms with E-state index in [1.165, 1.54) is 16.0 Å². The average molecular weight is 539 g/mol. The van der Waals surface area contributed by atoms with Crippen LogP contribution in [0.5, 0.6) is 5.75 Å². The Hall–Kier alpha value is -3.03. The van der Waals surface area contributed by atoms with Crippen LogP contribution in [0.1, 0.15) is 55.2 Å². The quantitative estimate of drug-likeness (QED) is 0.513. The Bertz CT molecular complexity index is 1260. The van der Waals surface area contributed by atoms with Gasteiger partial charge in [0.1, 0.15) is 5.75 Å². The molecule has 8 heteroatoms. The van der Waals surface area contributed by atoms with Crippen LogP contribution in [-0.2, 0) is 27.0 Å². The zero-order valence-corrected chi connectivity index (χ0v) is 22.5. The minimum absolute atomic E-state index is 0.180. The number of hydrogen-bond acceptors (Lipinski definition) is 5. The number of rotatable bonds is 1. The fourth-order valence-corrected chi connectivity index (χ4v) is 6.29. The number of carbonyl (C=O) groups is 2. The van der Waals surface area contributed by atoms with Crippen molar-refractivity contribution >= 4 is 29.2 Å². The van der Waals surface area contributed by atoms with Crippen LogP contribution in [0.25, 0.3) is 0 Å². The van der Waals surface area contributed by atoms with E-state index in [1.807, 2.05) is 6.07 Å². The maximum Gasteiger partial charge on any atom is 0.340 e. The van der Waals surface area contributed by atoms with E-state index in [1.54, 1.807) is 25.2 Å². The van der Waals surface area contributed by atoms with Gasteiger partial charge < -0.3 is 24.7 Å². The lowest BCUT2D eigenvalue weighted by Gasteiger charge is -2.41. The number of halogens is 1. The van der Waals surface area contributed by atoms with Crippen LogP contribution in [0.15, 0.2) is 48.6 Å². The molecule has 1 aliphatic carbocycles. The first kappa shape index (κ1) is 26.6. The second-order valence-electron chi connectivity index (χ2n) is 10.9. The third-order valence-electron chi connectivity index (χ3n) is 8.30. The van der Waals surface area contributed by atoms with Crippen molar-refractivity contribution in [3.63, 3.8) is 0 Å². The summed E-state index contributed by atoms with van der Waals surface area (Å²) in [6, 6.07) is 11.2. The molecule has 202 valence electrons. The predicted molar refractivity (Wildman–Crippen MR) is 147 cm³/mol. The molecule has 2 N–H and O–H groups in total. The molecule has 2 aromatic carbocycles. The van der Waals surface area contributed by atoms with Gasteiger partial charge in [-0.25, -0.2) is 4.79 Å². The van der Waals surface area contributed by atoms with Gasteiger partial charge in [-0.05, 0) is 79.5 Å². The Balaban J connectivity index is 1.59. The minimum atomic E-state index is -2.35. The van der Waals surface area contributed by atoms with Crippen molar-refractivity contribution in [1.82, 2.24) is 4.90 Å². The van der Waals surface area contributed by atoms with E-state index in [9.17, 15) is 19.8 Å². The number of aliphatic hydroxyl groups is 1. The summed E-state index contributed by atoms with van der Waals surface area (Å²) in [4.78, 5) is 29.0. The molecule has 2 atom stereocenters. The normalized spacial score (nSPS) is 27.0. The third kappa shape index (κ3) is 5.02. The van der Waals surface area contributed by atoms with E-state index in [0.717, 1.165) is 49.4 Å². The second-order valence-corrected chi connectivity index (χ2v) is 11.3. The first-order valence-electron chi connectivity index (χ1n) is 13.4. The zero-order valence-electron chi connectivity index (χ0n) is 21.8. The Morgan fingerprint density at radius 3 is 2.71 bits per heavy atom. The topological polar surface area (TPSA) is 90.3 Å². The van der Waals surface area contributed by atoms with Crippen molar-refractivity contribution in [2.75, 3.05) is 38.2 Å². The van der Waals surface area contributed by atoms with Gasteiger partial charge in [-0.1, -0.05) is 35.9 Å². The van der Waals surface area contributed by atoms with Crippen LogP contribution in [0.4, 0.5) is 5.69 Å². The molecular formula is C30H35ClN2O5. The number of carboxylic acid groups (broad SMARTS) is 1. The summed E-state index contributed by atoms with van der Waals surface area (Å²) in [6.45, 7) is 2.41. The number of anilines is 1. The van der Waals surface area contributed by atoms with E-state index in [4.69, 9.17) is 16.3 Å². The second kappa shape index (κ2) is 10.6. The molecule has 2 aliphatic heterocycles. The number of aryl methyl sites for hydroxylation is 1. The number of hydrogen-bond donors (Lipinski definition) is 2. The van der Waals surface area contributed by atoms with Crippen molar-refractivity contribution in [1.29, 1.82) is 0 Å². The summed E-state index contributed by atoms with van der Waals surface area (Å²) in [5.41, 5.74) is 0.854. The Morgan fingerprint density at radius 2 is 1.89 bits per heavy atom. The van der Waals surface area contributed by atoms with Crippen LogP contribution in [0, 0.1) is 0 Å². The van der Waals surface area contributed by atoms with Gasteiger partial charge in [0.15, 0.2) is 5.60 Å². The Morgan fingerprint density at radius 1 is 1.08 bits per heavy atom. The van der Waals surface area contributed by atoms with E-state index in [-0.39, 0.29) is 11.0 Å². The molecule has 5 rings (SSSR count). The summed E-state index contributed by atoms with van der Waals surface area (Å²) in [5.74, 6) is -1.21. The monoisotopic (exact) mass is 538 g/mol. The highest BCUT2D eigenvalue weighted by molar-refractivity contribution is 6.30. The minimum Gasteiger partial charge on any atom is -0.490 e. The van der Waals surface area contributed by atoms with Crippen molar-refractivity contribution in [3.05, 3.63) is 70.3 Å². The highest BCUT2D eigenvalue weighted by Crippen LogP contribution is 2.45. The lowest BCUT2D eigenvalue weighted by Crippen LogP contribution is -2.46. The van der Waals surface area contributed by atoms with Crippen LogP contribution in [0.2, 0.25) is 5.02 Å². The van der Waals surface area contributed by atoms with Gasteiger partial charge >= 0.3 is 5.97 Å². The van der Waals surface area contributed by atoms with Crippen LogP contribution < -0.4 is 9.64 Å². The summed E-state index contributed by atoms with van der Waals surface area (Å²) in [7, 11) is 1.64. The number of amides is 1. The number of nitrogens with zero attached hydrogens (tertiary/aromatic N) is 2. The van der Waals surface area contributed by atoms with Gasteiger partial charge in [-0.3, -0.25) is 4.79 Å². The number of carboxylic acids is 1. The number of allylic oxidation sites excluding steroid dienone is 1. The fraction of sp³-hybridized carbons (Fsp3) is 0.467. The number of ether oxygens (including phenoxy) is 1. The van der Waals surface area contributed by atoms with Gasteiger partial charge in [0, 0.05) is 37.1 Å². The van der Waals surface area contributed by atoms with Crippen molar-refractivity contribution < 1.29 is 24.5 Å². The zero-order chi connectivity index (χ0) is 26.9. The first-order chi connectivity index (χ1) is 18.2.